The van der Waals surface area contributed by atoms with E-state index in [-0.39, 0.29) is 22.9 Å². The molecule has 0 aliphatic carbocycles. The van der Waals surface area contributed by atoms with Gasteiger partial charge in [-0.3, -0.25) is 0 Å². The molecule has 0 heterocycles. The van der Waals surface area contributed by atoms with Crippen molar-refractivity contribution in [1.82, 2.24) is 0 Å². The summed E-state index contributed by atoms with van der Waals surface area (Å²) in [6.45, 7) is 19.9. The monoisotopic (exact) mass is 396 g/mol. The predicted molar refractivity (Wildman–Crippen MR) is 117 cm³/mol. The molecule has 3 nitrogen and oxygen atoms in total. The Morgan fingerprint density at radius 3 is 1.93 bits per heavy atom. The molecule has 2 atom stereocenters. The average Bonchev–Trinajstić information content (AvgIpc) is 2.51. The van der Waals surface area contributed by atoms with Crippen molar-refractivity contribution in [2.75, 3.05) is 0 Å². The minimum absolute atomic E-state index is 0.0542. The van der Waals surface area contributed by atoms with E-state index >= 15 is 0 Å². The zero-order valence-corrected chi connectivity index (χ0v) is 19.8. The largest absolute Gasteiger partial charge is 0.328 e. The molecule has 1 aromatic carbocycles. The first-order valence-corrected chi connectivity index (χ1v) is 11.5. The highest BCUT2D eigenvalue weighted by atomic mass is 31.2. The van der Waals surface area contributed by atoms with E-state index in [4.69, 9.17) is 4.52 Å². The smallest absolute Gasteiger partial charge is 0.327 e. The highest BCUT2D eigenvalue weighted by Gasteiger charge is 2.32. The van der Waals surface area contributed by atoms with Crippen molar-refractivity contribution in [3.63, 3.8) is 0 Å². The van der Waals surface area contributed by atoms with E-state index in [1.54, 1.807) is 0 Å². The molecule has 1 aromatic rings. The van der Waals surface area contributed by atoms with Gasteiger partial charge in [0.25, 0.3) is 0 Å². The Bertz CT molecular complexity index is 597. The zero-order valence-electron chi connectivity index (χ0n) is 18.9. The average molecular weight is 397 g/mol. The van der Waals surface area contributed by atoms with Gasteiger partial charge in [-0.2, -0.15) is 0 Å². The molecule has 0 saturated heterocycles. The molecule has 0 aromatic heterocycles. The second-order valence-electron chi connectivity index (χ2n) is 9.84. The van der Waals surface area contributed by atoms with Crippen LogP contribution in [0.3, 0.4) is 0 Å². The molecule has 0 aliphatic heterocycles. The van der Waals surface area contributed by atoms with Gasteiger partial charge in [0, 0.05) is 0 Å². The standard InChI is InChI=1S/C23H41O3P/c1-10-12-13-17(11-2)21(26-27(24)25)18-14-16(3)19(22(4,5)6)15-20(18)23(7,8)9/h14-15,17,21,24-25H,10-13H2,1-9H3. The lowest BCUT2D eigenvalue weighted by atomic mass is 9.74. The molecule has 0 aliphatic rings. The van der Waals surface area contributed by atoms with E-state index in [0.717, 1.165) is 31.2 Å². The van der Waals surface area contributed by atoms with Gasteiger partial charge in [-0.05, 0) is 52.3 Å². The molecule has 0 amide bonds. The van der Waals surface area contributed by atoms with Gasteiger partial charge in [-0.15, -0.1) is 0 Å². The number of hydrogen-bond donors (Lipinski definition) is 2. The number of hydrogen-bond acceptors (Lipinski definition) is 3. The summed E-state index contributed by atoms with van der Waals surface area (Å²) >= 11 is 0. The summed E-state index contributed by atoms with van der Waals surface area (Å²) < 4.78 is 5.78. The van der Waals surface area contributed by atoms with Crippen molar-refractivity contribution in [2.24, 2.45) is 5.92 Å². The van der Waals surface area contributed by atoms with Crippen LogP contribution in [-0.2, 0) is 15.4 Å². The summed E-state index contributed by atoms with van der Waals surface area (Å²) in [5.41, 5.74) is 4.95. The molecule has 2 N–H and O–H groups in total. The first-order chi connectivity index (χ1) is 12.3. The van der Waals surface area contributed by atoms with E-state index in [1.807, 2.05) is 0 Å². The second-order valence-corrected chi connectivity index (χ2v) is 10.6. The van der Waals surface area contributed by atoms with Gasteiger partial charge in [-0.1, -0.05) is 86.8 Å². The Hall–Kier alpha value is -0.470. The molecule has 2 unspecified atom stereocenters. The van der Waals surface area contributed by atoms with Crippen LogP contribution < -0.4 is 0 Å². The third-order valence-electron chi connectivity index (χ3n) is 5.41. The maximum absolute atomic E-state index is 9.70. The highest BCUT2D eigenvalue weighted by Crippen LogP contribution is 2.46. The third-order valence-corrected chi connectivity index (χ3v) is 5.82. The summed E-state index contributed by atoms with van der Waals surface area (Å²) in [7, 11) is -2.40. The molecular formula is C23H41O3P. The molecular weight excluding hydrogens is 355 g/mol. The van der Waals surface area contributed by atoms with Crippen LogP contribution in [0.15, 0.2) is 12.1 Å². The lowest BCUT2D eigenvalue weighted by Gasteiger charge is -2.34. The van der Waals surface area contributed by atoms with Crippen molar-refractivity contribution < 1.29 is 14.3 Å². The minimum Gasteiger partial charge on any atom is -0.328 e. The van der Waals surface area contributed by atoms with Crippen molar-refractivity contribution >= 4 is 8.60 Å². The van der Waals surface area contributed by atoms with E-state index < -0.39 is 8.60 Å². The Balaban J connectivity index is 3.61. The normalized spacial score (nSPS) is 15.3. The van der Waals surface area contributed by atoms with Gasteiger partial charge in [-0.25, -0.2) is 0 Å². The maximum atomic E-state index is 9.70. The maximum Gasteiger partial charge on any atom is 0.327 e. The quantitative estimate of drug-likeness (QED) is 0.462. The van der Waals surface area contributed by atoms with Gasteiger partial charge in [0.05, 0.1) is 6.10 Å². The summed E-state index contributed by atoms with van der Waals surface area (Å²) in [5.74, 6) is 0.273. The van der Waals surface area contributed by atoms with Crippen molar-refractivity contribution in [2.45, 2.75) is 105 Å². The first kappa shape index (κ1) is 24.6. The van der Waals surface area contributed by atoms with Crippen molar-refractivity contribution in [3.8, 4) is 0 Å². The Kier molecular flexibility index (Phi) is 8.95. The van der Waals surface area contributed by atoms with Crippen LogP contribution in [-0.4, -0.2) is 9.79 Å². The lowest BCUT2D eigenvalue weighted by molar-refractivity contribution is 0.104. The molecule has 156 valence electrons. The van der Waals surface area contributed by atoms with E-state index in [2.05, 4.69) is 74.4 Å². The van der Waals surface area contributed by atoms with Gasteiger partial charge in [0.1, 0.15) is 0 Å². The molecule has 0 bridgehead atoms. The Morgan fingerprint density at radius 1 is 0.963 bits per heavy atom. The topological polar surface area (TPSA) is 49.7 Å². The molecule has 4 heteroatoms. The summed E-state index contributed by atoms with van der Waals surface area (Å²) in [4.78, 5) is 19.4. The van der Waals surface area contributed by atoms with E-state index in [1.165, 1.54) is 16.7 Å². The van der Waals surface area contributed by atoms with Crippen LogP contribution in [0.25, 0.3) is 0 Å². The fourth-order valence-electron chi connectivity index (χ4n) is 3.96. The number of benzene rings is 1. The Morgan fingerprint density at radius 2 is 1.52 bits per heavy atom. The molecule has 27 heavy (non-hydrogen) atoms. The molecule has 1 rings (SSSR count). The summed E-state index contributed by atoms with van der Waals surface area (Å²) in [5, 5.41) is 0. The summed E-state index contributed by atoms with van der Waals surface area (Å²) in [6, 6.07) is 4.56. The van der Waals surface area contributed by atoms with E-state index in [9.17, 15) is 9.79 Å². The van der Waals surface area contributed by atoms with Crippen LogP contribution in [0.4, 0.5) is 0 Å². The fraction of sp³-hybridized carbons (Fsp3) is 0.739. The zero-order chi connectivity index (χ0) is 21.0. The third kappa shape index (κ3) is 6.82. The van der Waals surface area contributed by atoms with Crippen LogP contribution in [0.5, 0.6) is 0 Å². The van der Waals surface area contributed by atoms with Crippen LogP contribution in [0.1, 0.15) is 109 Å². The lowest BCUT2D eigenvalue weighted by Crippen LogP contribution is -2.24. The van der Waals surface area contributed by atoms with Crippen molar-refractivity contribution in [1.29, 1.82) is 0 Å². The Labute approximate surface area is 168 Å². The van der Waals surface area contributed by atoms with Crippen LogP contribution >= 0.6 is 8.60 Å². The molecule has 0 fully saturated rings. The molecule has 0 spiro atoms. The number of rotatable bonds is 8. The van der Waals surface area contributed by atoms with Gasteiger partial charge in [0.15, 0.2) is 0 Å². The number of unbranched alkanes of at least 4 members (excludes halogenated alkanes) is 1. The fourth-order valence-corrected chi connectivity index (χ4v) is 4.45. The van der Waals surface area contributed by atoms with Crippen LogP contribution in [0, 0.1) is 12.8 Å². The minimum atomic E-state index is -2.40. The predicted octanol–water partition coefficient (Wildman–Crippen LogP) is 7.08. The summed E-state index contributed by atoms with van der Waals surface area (Å²) in [6.07, 6.45) is 3.95. The SMILES string of the molecule is CCCCC(CC)C(OP(O)O)c1cc(C)c(C(C)(C)C)cc1C(C)(C)C. The molecule has 0 saturated carbocycles. The van der Waals surface area contributed by atoms with Gasteiger partial charge < -0.3 is 14.3 Å². The first-order valence-electron chi connectivity index (χ1n) is 10.3. The van der Waals surface area contributed by atoms with Gasteiger partial charge in [0.2, 0.25) is 0 Å². The molecule has 0 radical (unpaired) electrons. The highest BCUT2D eigenvalue weighted by molar-refractivity contribution is 7.39. The van der Waals surface area contributed by atoms with Crippen molar-refractivity contribution in [3.05, 3.63) is 34.4 Å². The second kappa shape index (κ2) is 9.83. The number of aryl methyl sites for hydroxylation is 1. The van der Waals surface area contributed by atoms with Crippen LogP contribution in [0.2, 0.25) is 0 Å². The van der Waals surface area contributed by atoms with E-state index in [0.29, 0.717) is 0 Å². The van der Waals surface area contributed by atoms with Gasteiger partial charge >= 0.3 is 8.60 Å².